The lowest BCUT2D eigenvalue weighted by atomic mass is 10.0. The molecule has 58 valence electrons. The van der Waals surface area contributed by atoms with Crippen LogP contribution in [0.1, 0.15) is 32.6 Å². The first-order valence-electron chi connectivity index (χ1n) is 4.19. The lowest BCUT2D eigenvalue weighted by Crippen LogP contribution is -2.01. The average molecular weight is 140 g/mol. The van der Waals surface area contributed by atoms with Gasteiger partial charge in [0.1, 0.15) is 0 Å². The lowest BCUT2D eigenvalue weighted by molar-refractivity contribution is 0.208. The third kappa shape index (κ3) is 2.14. The van der Waals surface area contributed by atoms with E-state index < -0.39 is 0 Å². The normalized spacial score (nSPS) is 31.4. The largest absolute Gasteiger partial charge is 0.389 e. The molecule has 1 aliphatic carbocycles. The SMILES string of the molecule is CCCC[C@H]1C=C[C@H](O)C1. The topological polar surface area (TPSA) is 20.2 Å². The summed E-state index contributed by atoms with van der Waals surface area (Å²) in [6.45, 7) is 2.20. The van der Waals surface area contributed by atoms with Crippen LogP contribution in [0.4, 0.5) is 0 Å². The van der Waals surface area contributed by atoms with Crippen LogP contribution in [-0.2, 0) is 0 Å². The highest BCUT2D eigenvalue weighted by molar-refractivity contribution is 5.01. The Labute approximate surface area is 62.8 Å². The smallest absolute Gasteiger partial charge is 0.0726 e. The van der Waals surface area contributed by atoms with Gasteiger partial charge in [-0.2, -0.15) is 0 Å². The molecule has 0 unspecified atom stereocenters. The van der Waals surface area contributed by atoms with Crippen LogP contribution < -0.4 is 0 Å². The molecule has 0 saturated carbocycles. The minimum Gasteiger partial charge on any atom is -0.389 e. The monoisotopic (exact) mass is 140 g/mol. The number of hydrogen-bond acceptors (Lipinski definition) is 1. The molecule has 0 radical (unpaired) electrons. The molecular formula is C9H16O. The standard InChI is InChI=1S/C9H16O/c1-2-3-4-8-5-6-9(10)7-8/h5-6,8-10H,2-4,7H2,1H3/t8-,9-/m0/s1. The summed E-state index contributed by atoms with van der Waals surface area (Å²) in [4.78, 5) is 0. The molecule has 0 amide bonds. The van der Waals surface area contributed by atoms with E-state index in [0.717, 1.165) is 6.42 Å². The molecule has 0 heterocycles. The molecule has 1 N–H and O–H groups in total. The van der Waals surface area contributed by atoms with E-state index >= 15 is 0 Å². The van der Waals surface area contributed by atoms with Gasteiger partial charge in [0.05, 0.1) is 6.10 Å². The third-order valence-corrected chi connectivity index (χ3v) is 2.08. The van der Waals surface area contributed by atoms with Gasteiger partial charge in [0.15, 0.2) is 0 Å². The van der Waals surface area contributed by atoms with Crippen molar-refractivity contribution >= 4 is 0 Å². The number of aliphatic hydroxyl groups excluding tert-OH is 1. The summed E-state index contributed by atoms with van der Waals surface area (Å²) in [6.07, 6.45) is 8.69. The highest BCUT2D eigenvalue weighted by Crippen LogP contribution is 2.22. The first kappa shape index (κ1) is 7.80. The Hall–Kier alpha value is -0.300. The van der Waals surface area contributed by atoms with Crippen molar-refractivity contribution in [2.45, 2.75) is 38.7 Å². The molecule has 0 aliphatic heterocycles. The first-order valence-corrected chi connectivity index (χ1v) is 4.19. The van der Waals surface area contributed by atoms with Crippen LogP contribution in [0.15, 0.2) is 12.2 Å². The molecular weight excluding hydrogens is 124 g/mol. The van der Waals surface area contributed by atoms with Crippen LogP contribution in [0.2, 0.25) is 0 Å². The van der Waals surface area contributed by atoms with Gasteiger partial charge in [-0.3, -0.25) is 0 Å². The van der Waals surface area contributed by atoms with Gasteiger partial charge in [-0.05, 0) is 18.8 Å². The van der Waals surface area contributed by atoms with Crippen molar-refractivity contribution in [3.63, 3.8) is 0 Å². The Morgan fingerprint density at radius 2 is 2.30 bits per heavy atom. The van der Waals surface area contributed by atoms with E-state index in [1.807, 2.05) is 6.08 Å². The highest BCUT2D eigenvalue weighted by atomic mass is 16.3. The summed E-state index contributed by atoms with van der Waals surface area (Å²) in [5.74, 6) is 0.662. The minimum atomic E-state index is -0.151. The second-order valence-electron chi connectivity index (χ2n) is 3.09. The molecule has 0 aromatic rings. The summed E-state index contributed by atoms with van der Waals surface area (Å²) in [5.41, 5.74) is 0. The van der Waals surface area contributed by atoms with Crippen LogP contribution in [-0.4, -0.2) is 11.2 Å². The zero-order valence-electron chi connectivity index (χ0n) is 6.59. The zero-order valence-corrected chi connectivity index (χ0v) is 6.59. The van der Waals surface area contributed by atoms with Gasteiger partial charge < -0.3 is 5.11 Å². The van der Waals surface area contributed by atoms with Gasteiger partial charge in [-0.25, -0.2) is 0 Å². The van der Waals surface area contributed by atoms with Gasteiger partial charge in [0.2, 0.25) is 0 Å². The second kappa shape index (κ2) is 3.77. The molecule has 2 atom stereocenters. The Morgan fingerprint density at radius 1 is 1.50 bits per heavy atom. The van der Waals surface area contributed by atoms with Crippen molar-refractivity contribution in [2.75, 3.05) is 0 Å². The first-order chi connectivity index (χ1) is 4.83. The van der Waals surface area contributed by atoms with Gasteiger partial charge in [0.25, 0.3) is 0 Å². The summed E-state index contributed by atoms with van der Waals surface area (Å²) in [5, 5.41) is 9.11. The summed E-state index contributed by atoms with van der Waals surface area (Å²) in [6, 6.07) is 0. The van der Waals surface area contributed by atoms with Gasteiger partial charge in [-0.1, -0.05) is 31.9 Å². The van der Waals surface area contributed by atoms with Crippen LogP contribution >= 0.6 is 0 Å². The fourth-order valence-corrected chi connectivity index (χ4v) is 1.43. The van der Waals surface area contributed by atoms with E-state index in [2.05, 4.69) is 13.0 Å². The number of unbranched alkanes of at least 4 members (excludes halogenated alkanes) is 1. The van der Waals surface area contributed by atoms with Gasteiger partial charge in [-0.15, -0.1) is 0 Å². The molecule has 0 fully saturated rings. The third-order valence-electron chi connectivity index (χ3n) is 2.08. The van der Waals surface area contributed by atoms with E-state index in [1.54, 1.807) is 0 Å². The van der Waals surface area contributed by atoms with Gasteiger partial charge in [0, 0.05) is 0 Å². The Bertz CT molecular complexity index is 118. The molecule has 0 spiro atoms. The highest BCUT2D eigenvalue weighted by Gasteiger charge is 2.14. The molecule has 0 aromatic heterocycles. The van der Waals surface area contributed by atoms with Gasteiger partial charge >= 0.3 is 0 Å². The maximum Gasteiger partial charge on any atom is 0.0726 e. The second-order valence-corrected chi connectivity index (χ2v) is 3.09. The number of aliphatic hydroxyl groups is 1. The fourth-order valence-electron chi connectivity index (χ4n) is 1.43. The van der Waals surface area contributed by atoms with E-state index in [-0.39, 0.29) is 6.10 Å². The molecule has 0 bridgehead atoms. The average Bonchev–Trinajstić information content (AvgIpc) is 2.31. The van der Waals surface area contributed by atoms with E-state index in [4.69, 9.17) is 5.11 Å². The van der Waals surface area contributed by atoms with Crippen molar-refractivity contribution in [1.82, 2.24) is 0 Å². The minimum absolute atomic E-state index is 0.151. The summed E-state index contributed by atoms with van der Waals surface area (Å²) >= 11 is 0. The zero-order chi connectivity index (χ0) is 7.40. The summed E-state index contributed by atoms with van der Waals surface area (Å²) in [7, 11) is 0. The number of hydrogen-bond donors (Lipinski definition) is 1. The molecule has 1 rings (SSSR count). The van der Waals surface area contributed by atoms with E-state index in [0.29, 0.717) is 5.92 Å². The van der Waals surface area contributed by atoms with E-state index in [9.17, 15) is 0 Å². The van der Waals surface area contributed by atoms with Crippen molar-refractivity contribution < 1.29 is 5.11 Å². The predicted octanol–water partition coefficient (Wildman–Crippen LogP) is 2.11. The summed E-state index contributed by atoms with van der Waals surface area (Å²) < 4.78 is 0. The van der Waals surface area contributed by atoms with Crippen molar-refractivity contribution in [3.8, 4) is 0 Å². The Balaban J connectivity index is 2.14. The quantitative estimate of drug-likeness (QED) is 0.595. The van der Waals surface area contributed by atoms with Crippen molar-refractivity contribution in [2.24, 2.45) is 5.92 Å². The maximum absolute atomic E-state index is 9.11. The predicted molar refractivity (Wildman–Crippen MR) is 42.8 cm³/mol. The van der Waals surface area contributed by atoms with E-state index in [1.165, 1.54) is 19.3 Å². The Kier molecular flexibility index (Phi) is 2.94. The molecule has 0 saturated heterocycles. The van der Waals surface area contributed by atoms with Crippen LogP contribution in [0.25, 0.3) is 0 Å². The van der Waals surface area contributed by atoms with Crippen LogP contribution in [0, 0.1) is 5.92 Å². The van der Waals surface area contributed by atoms with Crippen LogP contribution in [0.5, 0.6) is 0 Å². The lowest BCUT2D eigenvalue weighted by Gasteiger charge is -2.06. The molecule has 0 aromatic carbocycles. The molecule has 1 nitrogen and oxygen atoms in total. The maximum atomic E-state index is 9.11. The number of rotatable bonds is 3. The van der Waals surface area contributed by atoms with Crippen molar-refractivity contribution in [1.29, 1.82) is 0 Å². The Morgan fingerprint density at radius 3 is 2.80 bits per heavy atom. The molecule has 10 heavy (non-hydrogen) atoms. The molecule has 1 heteroatoms. The van der Waals surface area contributed by atoms with Crippen LogP contribution in [0.3, 0.4) is 0 Å². The fraction of sp³-hybridized carbons (Fsp3) is 0.778. The number of allylic oxidation sites excluding steroid dienone is 1. The van der Waals surface area contributed by atoms with Crippen molar-refractivity contribution in [3.05, 3.63) is 12.2 Å². The molecule has 1 aliphatic rings.